The van der Waals surface area contributed by atoms with E-state index in [0.29, 0.717) is 11.1 Å². The Bertz CT molecular complexity index is 508. The van der Waals surface area contributed by atoms with Gasteiger partial charge in [-0.05, 0) is 29.7 Å². The monoisotopic (exact) mass is 283 g/mol. The lowest BCUT2D eigenvalue weighted by Crippen LogP contribution is -1.92. The lowest BCUT2D eigenvalue weighted by Gasteiger charge is -2.09. The van der Waals surface area contributed by atoms with E-state index in [1.54, 1.807) is 0 Å². The topological polar surface area (TPSA) is 12.9 Å². The van der Waals surface area contributed by atoms with Crippen molar-refractivity contribution in [2.45, 2.75) is 19.8 Å². The van der Waals surface area contributed by atoms with E-state index >= 15 is 0 Å². The Balaban J connectivity index is 2.71. The van der Waals surface area contributed by atoms with Gasteiger partial charge in [0.05, 0.1) is 5.52 Å². The normalized spacial score (nSPS) is 11.3. The molecule has 0 atom stereocenters. The largest absolute Gasteiger partial charge is 0.236 e. The van der Waals surface area contributed by atoms with Gasteiger partial charge in [-0.15, -0.1) is 0 Å². The summed E-state index contributed by atoms with van der Waals surface area (Å²) in [6.07, 6.45) is 0. The molecule has 1 nitrogen and oxygen atoms in total. The van der Waals surface area contributed by atoms with E-state index in [1.807, 2.05) is 12.1 Å². The molecule has 0 amide bonds. The second-order valence-corrected chi connectivity index (χ2v) is 5.13. The molecule has 0 bridgehead atoms. The van der Waals surface area contributed by atoms with Gasteiger partial charge in [0.2, 0.25) is 0 Å². The molecule has 0 aliphatic heterocycles. The van der Waals surface area contributed by atoms with E-state index in [-0.39, 0.29) is 0 Å². The highest BCUT2D eigenvalue weighted by molar-refractivity contribution is 9.10. The van der Waals surface area contributed by atoms with Crippen LogP contribution in [-0.2, 0) is 0 Å². The number of halogens is 2. The van der Waals surface area contributed by atoms with Gasteiger partial charge in [0.25, 0.3) is 0 Å². The van der Waals surface area contributed by atoms with Crippen molar-refractivity contribution in [2.75, 3.05) is 0 Å². The zero-order valence-corrected chi connectivity index (χ0v) is 10.9. The molecule has 0 aliphatic rings. The molecule has 78 valence electrons. The van der Waals surface area contributed by atoms with Crippen molar-refractivity contribution in [1.29, 1.82) is 0 Å². The number of hydrogen-bond acceptors (Lipinski definition) is 1. The summed E-state index contributed by atoms with van der Waals surface area (Å²) < 4.78 is 1.02. The summed E-state index contributed by atoms with van der Waals surface area (Å²) in [4.78, 5) is 4.39. The van der Waals surface area contributed by atoms with E-state index in [0.717, 1.165) is 20.9 Å². The van der Waals surface area contributed by atoms with E-state index in [9.17, 15) is 0 Å². The molecule has 0 saturated heterocycles. The molecule has 0 unspecified atom stereocenters. The van der Waals surface area contributed by atoms with Gasteiger partial charge in [-0.1, -0.05) is 47.4 Å². The first-order valence-corrected chi connectivity index (χ1v) is 6.00. The zero-order chi connectivity index (χ0) is 11.0. The zero-order valence-electron chi connectivity index (χ0n) is 8.59. The Morgan fingerprint density at radius 3 is 2.67 bits per heavy atom. The van der Waals surface area contributed by atoms with E-state index < -0.39 is 0 Å². The maximum Gasteiger partial charge on any atom is 0.133 e. The van der Waals surface area contributed by atoms with Crippen molar-refractivity contribution in [2.24, 2.45) is 0 Å². The third-order valence-corrected chi connectivity index (χ3v) is 3.18. The molecule has 3 heteroatoms. The predicted octanol–water partition coefficient (Wildman–Crippen LogP) is 4.77. The fourth-order valence-corrected chi connectivity index (χ4v) is 2.25. The lowest BCUT2D eigenvalue weighted by atomic mass is 10.0. The standard InChI is InChI=1S/C12H11BrClN/c1-7(2)10-5-8-3-4-9(13)6-11(8)15-12(10)14/h3-7H,1-2H3. The molecule has 0 aliphatic carbocycles. The maximum atomic E-state index is 6.12. The quantitative estimate of drug-likeness (QED) is 0.687. The van der Waals surface area contributed by atoms with Crippen molar-refractivity contribution in [3.05, 3.63) is 39.5 Å². The van der Waals surface area contributed by atoms with Crippen LogP contribution in [0.25, 0.3) is 10.9 Å². The molecule has 2 aromatic rings. The lowest BCUT2D eigenvalue weighted by molar-refractivity contribution is 0.862. The van der Waals surface area contributed by atoms with Gasteiger partial charge in [0.15, 0.2) is 0 Å². The smallest absolute Gasteiger partial charge is 0.133 e. The highest BCUT2D eigenvalue weighted by Crippen LogP contribution is 2.27. The summed E-state index contributed by atoms with van der Waals surface area (Å²) in [6.45, 7) is 4.24. The molecular weight excluding hydrogens is 273 g/mol. The van der Waals surface area contributed by atoms with Crippen LogP contribution in [0.15, 0.2) is 28.7 Å². The van der Waals surface area contributed by atoms with E-state index in [1.165, 1.54) is 0 Å². The first kappa shape index (κ1) is 10.9. The van der Waals surface area contributed by atoms with Crippen molar-refractivity contribution >= 4 is 38.4 Å². The second kappa shape index (κ2) is 4.11. The van der Waals surface area contributed by atoms with Crippen LogP contribution in [0.5, 0.6) is 0 Å². The summed E-state index contributed by atoms with van der Waals surface area (Å²) in [5.74, 6) is 0.401. The van der Waals surface area contributed by atoms with Crippen LogP contribution in [0.1, 0.15) is 25.3 Å². The predicted molar refractivity (Wildman–Crippen MR) is 68.5 cm³/mol. The van der Waals surface area contributed by atoms with Gasteiger partial charge in [-0.25, -0.2) is 4.98 Å². The molecule has 15 heavy (non-hydrogen) atoms. The van der Waals surface area contributed by atoms with Gasteiger partial charge >= 0.3 is 0 Å². The van der Waals surface area contributed by atoms with Crippen LogP contribution >= 0.6 is 27.5 Å². The van der Waals surface area contributed by atoms with Gasteiger partial charge < -0.3 is 0 Å². The number of hydrogen-bond donors (Lipinski definition) is 0. The summed E-state index contributed by atoms with van der Waals surface area (Å²) in [5.41, 5.74) is 2.03. The molecule has 0 saturated carbocycles. The first-order chi connectivity index (χ1) is 7.08. The SMILES string of the molecule is CC(C)c1cc2ccc(Br)cc2nc1Cl. The summed E-state index contributed by atoms with van der Waals surface area (Å²) in [5, 5.41) is 1.74. The summed E-state index contributed by atoms with van der Waals surface area (Å²) in [6, 6.07) is 8.16. The molecule has 1 aromatic carbocycles. The van der Waals surface area contributed by atoms with Gasteiger partial charge in [0.1, 0.15) is 5.15 Å². The number of rotatable bonds is 1. The molecule has 0 radical (unpaired) electrons. The molecular formula is C12H11BrClN. The van der Waals surface area contributed by atoms with Crippen molar-refractivity contribution in [1.82, 2.24) is 4.98 Å². The molecule has 2 rings (SSSR count). The minimum Gasteiger partial charge on any atom is -0.236 e. The molecule has 0 fully saturated rings. The van der Waals surface area contributed by atoms with E-state index in [2.05, 4.69) is 46.9 Å². The van der Waals surface area contributed by atoms with Gasteiger partial charge in [0, 0.05) is 9.86 Å². The highest BCUT2D eigenvalue weighted by atomic mass is 79.9. The fraction of sp³-hybridized carbons (Fsp3) is 0.250. The third kappa shape index (κ3) is 2.16. The van der Waals surface area contributed by atoms with E-state index in [4.69, 9.17) is 11.6 Å². The van der Waals surface area contributed by atoms with Crippen LogP contribution in [0.3, 0.4) is 0 Å². The summed E-state index contributed by atoms with van der Waals surface area (Å²) in [7, 11) is 0. The molecule has 0 N–H and O–H groups in total. The van der Waals surface area contributed by atoms with Crippen LogP contribution in [0, 0.1) is 0 Å². The molecule has 0 spiro atoms. The second-order valence-electron chi connectivity index (χ2n) is 3.86. The van der Waals surface area contributed by atoms with Crippen LogP contribution in [0.2, 0.25) is 5.15 Å². The van der Waals surface area contributed by atoms with Crippen LogP contribution in [0.4, 0.5) is 0 Å². The number of aromatic nitrogens is 1. The van der Waals surface area contributed by atoms with Crippen molar-refractivity contribution in [3.8, 4) is 0 Å². The third-order valence-electron chi connectivity index (χ3n) is 2.38. The maximum absolute atomic E-state index is 6.12. The highest BCUT2D eigenvalue weighted by Gasteiger charge is 2.08. The summed E-state index contributed by atoms with van der Waals surface area (Å²) >= 11 is 9.55. The number of nitrogens with zero attached hydrogens (tertiary/aromatic N) is 1. The van der Waals surface area contributed by atoms with Gasteiger partial charge in [-0.3, -0.25) is 0 Å². The Morgan fingerprint density at radius 2 is 2.00 bits per heavy atom. The average molecular weight is 285 g/mol. The van der Waals surface area contributed by atoms with Gasteiger partial charge in [-0.2, -0.15) is 0 Å². The first-order valence-electron chi connectivity index (χ1n) is 4.83. The molecule has 1 aromatic heterocycles. The Labute approximate surface area is 103 Å². The minimum absolute atomic E-state index is 0.401. The Kier molecular flexibility index (Phi) is 2.98. The number of pyridine rings is 1. The number of fused-ring (bicyclic) bond motifs is 1. The van der Waals surface area contributed by atoms with Crippen molar-refractivity contribution < 1.29 is 0 Å². The number of benzene rings is 1. The van der Waals surface area contributed by atoms with Crippen molar-refractivity contribution in [3.63, 3.8) is 0 Å². The Morgan fingerprint density at radius 1 is 1.27 bits per heavy atom. The average Bonchev–Trinajstić information content (AvgIpc) is 2.15. The molecule has 1 heterocycles. The minimum atomic E-state index is 0.401. The Hall–Kier alpha value is -0.600. The van der Waals surface area contributed by atoms with Crippen LogP contribution in [-0.4, -0.2) is 4.98 Å². The fourth-order valence-electron chi connectivity index (χ4n) is 1.54. The van der Waals surface area contributed by atoms with Crippen LogP contribution < -0.4 is 0 Å².